The molecule has 0 bridgehead atoms. The first-order valence-corrected chi connectivity index (χ1v) is 14.0. The zero-order valence-corrected chi connectivity index (χ0v) is 14.4. The fraction of sp³-hybridized carbons (Fsp3) is 0.846. The first-order chi connectivity index (χ1) is 7.10. The topological polar surface area (TPSA) is 3.24 Å². The molecule has 0 aliphatic carbocycles. The van der Waals surface area contributed by atoms with E-state index in [1.807, 2.05) is 0 Å². The van der Waals surface area contributed by atoms with Gasteiger partial charge in [-0.25, -0.2) is 0 Å². The molecule has 0 saturated carbocycles. The van der Waals surface area contributed by atoms with Gasteiger partial charge in [0.15, 0.2) is 0 Å². The Kier molecular flexibility index (Phi) is 7.76. The first-order valence-electron chi connectivity index (χ1n) is 6.53. The molecule has 2 heteroatoms. The molecular formula is C13H29NSn. The minimum atomic E-state index is -1.88. The van der Waals surface area contributed by atoms with Crippen LogP contribution in [-0.2, 0) is 0 Å². The molecule has 0 aliphatic rings. The monoisotopic (exact) mass is 319 g/mol. The van der Waals surface area contributed by atoms with Crippen molar-refractivity contribution in [3.63, 3.8) is 0 Å². The van der Waals surface area contributed by atoms with Crippen LogP contribution < -0.4 is 0 Å². The van der Waals surface area contributed by atoms with Gasteiger partial charge in [-0.2, -0.15) is 0 Å². The van der Waals surface area contributed by atoms with Crippen LogP contribution in [0.1, 0.15) is 41.5 Å². The van der Waals surface area contributed by atoms with Gasteiger partial charge in [0, 0.05) is 0 Å². The van der Waals surface area contributed by atoms with Gasteiger partial charge in [-0.3, -0.25) is 0 Å². The predicted octanol–water partition coefficient (Wildman–Crippen LogP) is 4.28. The van der Waals surface area contributed by atoms with E-state index >= 15 is 0 Å². The van der Waals surface area contributed by atoms with Gasteiger partial charge in [-0.1, -0.05) is 0 Å². The van der Waals surface area contributed by atoms with Gasteiger partial charge in [0.2, 0.25) is 0 Å². The van der Waals surface area contributed by atoms with Crippen LogP contribution in [0.15, 0.2) is 9.79 Å². The second-order valence-corrected chi connectivity index (χ2v) is 20.0. The zero-order chi connectivity index (χ0) is 11.9. The average molecular weight is 318 g/mol. The van der Waals surface area contributed by atoms with Gasteiger partial charge < -0.3 is 0 Å². The molecule has 0 radical (unpaired) electrons. The number of nitrogens with zero attached hydrogens (tertiary/aromatic N) is 1. The Labute approximate surface area is 101 Å². The minimum absolute atomic E-state index is 1.15. The summed E-state index contributed by atoms with van der Waals surface area (Å²) in [5.74, 6) is 0. The molecular weight excluding hydrogens is 289 g/mol. The molecule has 0 aliphatic heterocycles. The van der Waals surface area contributed by atoms with Gasteiger partial charge in [-0.05, 0) is 0 Å². The average Bonchev–Trinajstić information content (AvgIpc) is 2.29. The molecule has 1 nitrogen and oxygen atoms in total. The summed E-state index contributed by atoms with van der Waals surface area (Å²) in [5, 5.41) is 0. The third-order valence-corrected chi connectivity index (χ3v) is 20.8. The van der Waals surface area contributed by atoms with Gasteiger partial charge in [0.25, 0.3) is 0 Å². The maximum absolute atomic E-state index is 2.46. The predicted molar refractivity (Wildman–Crippen MR) is 73.9 cm³/mol. The van der Waals surface area contributed by atoms with Gasteiger partial charge in [0.05, 0.1) is 0 Å². The van der Waals surface area contributed by atoms with Crippen molar-refractivity contribution in [1.29, 1.82) is 0 Å². The van der Waals surface area contributed by atoms with Crippen molar-refractivity contribution in [1.82, 2.24) is 4.90 Å². The molecule has 0 fully saturated rings. The third-order valence-electron chi connectivity index (χ3n) is 4.06. The van der Waals surface area contributed by atoms with Crippen molar-refractivity contribution >= 4 is 18.4 Å². The van der Waals surface area contributed by atoms with Crippen LogP contribution in [0.4, 0.5) is 0 Å². The maximum atomic E-state index is 2.46. The van der Waals surface area contributed by atoms with Crippen LogP contribution in [0.25, 0.3) is 0 Å². The Bertz CT molecular complexity index is 182. The van der Waals surface area contributed by atoms with E-state index in [4.69, 9.17) is 0 Å². The van der Waals surface area contributed by atoms with E-state index < -0.39 is 18.4 Å². The Morgan fingerprint density at radius 1 is 0.933 bits per heavy atom. The van der Waals surface area contributed by atoms with E-state index in [1.54, 1.807) is 3.59 Å². The van der Waals surface area contributed by atoms with Gasteiger partial charge in [0.1, 0.15) is 0 Å². The normalized spacial score (nSPS) is 13.1. The summed E-state index contributed by atoms with van der Waals surface area (Å²) in [6.45, 7) is 16.4. The Balaban J connectivity index is 4.82. The summed E-state index contributed by atoms with van der Waals surface area (Å²) in [7, 11) is 0. The molecule has 0 atom stereocenters. The van der Waals surface area contributed by atoms with E-state index in [-0.39, 0.29) is 0 Å². The third kappa shape index (κ3) is 4.01. The SMILES string of the molecule is CCN(/C=[C](/C)[Sn]([CH2]C)([CH2]C)[CH2]C)CC. The Hall–Kier alpha value is 0.339. The van der Waals surface area contributed by atoms with E-state index in [0.717, 1.165) is 13.1 Å². The number of allylic oxidation sites excluding steroid dienone is 1. The quantitative estimate of drug-likeness (QED) is 0.633. The molecule has 0 rings (SSSR count). The molecule has 0 amide bonds. The number of hydrogen-bond acceptors (Lipinski definition) is 1. The molecule has 0 saturated heterocycles. The molecule has 0 aromatic rings. The van der Waals surface area contributed by atoms with E-state index in [1.165, 1.54) is 13.3 Å². The summed E-state index contributed by atoms with van der Waals surface area (Å²) in [6.07, 6.45) is 2.46. The fourth-order valence-corrected chi connectivity index (χ4v) is 12.8. The van der Waals surface area contributed by atoms with Crippen molar-refractivity contribution in [2.24, 2.45) is 0 Å². The van der Waals surface area contributed by atoms with Crippen molar-refractivity contribution in [3.8, 4) is 0 Å². The fourth-order valence-electron chi connectivity index (χ4n) is 2.40. The molecule has 15 heavy (non-hydrogen) atoms. The second-order valence-electron chi connectivity index (χ2n) is 4.37. The Morgan fingerprint density at radius 3 is 1.60 bits per heavy atom. The summed E-state index contributed by atoms with van der Waals surface area (Å²) >= 11 is -1.88. The van der Waals surface area contributed by atoms with Crippen LogP contribution in [-0.4, -0.2) is 36.4 Å². The molecule has 0 aromatic carbocycles. The van der Waals surface area contributed by atoms with E-state index in [2.05, 4.69) is 52.6 Å². The molecule has 90 valence electrons. The van der Waals surface area contributed by atoms with E-state index in [9.17, 15) is 0 Å². The molecule has 0 spiro atoms. The van der Waals surface area contributed by atoms with Crippen LogP contribution in [0.3, 0.4) is 0 Å². The van der Waals surface area contributed by atoms with Crippen LogP contribution in [0.2, 0.25) is 13.3 Å². The summed E-state index contributed by atoms with van der Waals surface area (Å²) in [5.41, 5.74) is 0. The van der Waals surface area contributed by atoms with Crippen molar-refractivity contribution < 1.29 is 0 Å². The number of rotatable bonds is 7. The van der Waals surface area contributed by atoms with Crippen LogP contribution >= 0.6 is 0 Å². The van der Waals surface area contributed by atoms with Crippen molar-refractivity contribution in [2.45, 2.75) is 54.9 Å². The van der Waals surface area contributed by atoms with Crippen molar-refractivity contribution in [2.75, 3.05) is 13.1 Å². The number of hydrogen-bond donors (Lipinski definition) is 0. The molecule has 0 unspecified atom stereocenters. The molecule has 0 aromatic heterocycles. The first kappa shape index (κ1) is 15.3. The van der Waals surface area contributed by atoms with Gasteiger partial charge in [-0.15, -0.1) is 0 Å². The molecule has 0 N–H and O–H groups in total. The standard InChI is InChI=1S/C7H14N.3C2H5.Sn/c1-4-7-8(5-2)6-3;3*1-2;/h7H,5-6H2,1-3H3;3*1H2,2H3;. The second kappa shape index (κ2) is 7.59. The van der Waals surface area contributed by atoms with Crippen molar-refractivity contribution in [3.05, 3.63) is 9.79 Å². The summed E-state index contributed by atoms with van der Waals surface area (Å²) < 4.78 is 6.16. The van der Waals surface area contributed by atoms with Gasteiger partial charge >= 0.3 is 101 Å². The molecule has 0 heterocycles. The Morgan fingerprint density at radius 2 is 1.33 bits per heavy atom. The van der Waals surface area contributed by atoms with Crippen LogP contribution in [0.5, 0.6) is 0 Å². The summed E-state index contributed by atoms with van der Waals surface area (Å²) in [4.78, 5) is 2.45. The van der Waals surface area contributed by atoms with E-state index in [0.29, 0.717) is 0 Å². The zero-order valence-electron chi connectivity index (χ0n) is 11.6. The van der Waals surface area contributed by atoms with Crippen LogP contribution in [0, 0.1) is 0 Å². The summed E-state index contributed by atoms with van der Waals surface area (Å²) in [6, 6.07) is 0.